The van der Waals surface area contributed by atoms with Crippen LogP contribution in [0.3, 0.4) is 0 Å². The zero-order chi connectivity index (χ0) is 16.4. The van der Waals surface area contributed by atoms with Gasteiger partial charge >= 0.3 is 12.0 Å². The molecule has 0 bridgehead atoms. The number of nitrogens with zero attached hydrogens (tertiary/aromatic N) is 2. The van der Waals surface area contributed by atoms with Gasteiger partial charge in [0.2, 0.25) is 5.91 Å². The monoisotopic (exact) mass is 301 g/mol. The number of carbonyl (C=O) groups is 3. The van der Waals surface area contributed by atoms with Crippen LogP contribution in [-0.2, 0) is 9.59 Å². The number of rotatable bonds is 9. The minimum absolute atomic E-state index is 0.0334. The van der Waals surface area contributed by atoms with Gasteiger partial charge in [-0.05, 0) is 26.4 Å². The van der Waals surface area contributed by atoms with Crippen LogP contribution in [-0.4, -0.2) is 66.5 Å². The molecule has 0 heterocycles. The molecule has 7 heteroatoms. The van der Waals surface area contributed by atoms with Crippen LogP contribution in [0, 0.1) is 5.92 Å². The molecule has 0 aliphatic rings. The number of carboxylic acid groups (broad SMARTS) is 1. The van der Waals surface area contributed by atoms with Gasteiger partial charge in [0.1, 0.15) is 0 Å². The van der Waals surface area contributed by atoms with Crippen molar-refractivity contribution in [2.75, 3.05) is 33.7 Å². The second-order valence-corrected chi connectivity index (χ2v) is 5.55. The van der Waals surface area contributed by atoms with Gasteiger partial charge in [0.05, 0.1) is 0 Å². The molecule has 0 radical (unpaired) electrons. The number of amides is 3. The Balaban J connectivity index is 4.32. The van der Waals surface area contributed by atoms with Gasteiger partial charge in [-0.25, -0.2) is 4.79 Å². The van der Waals surface area contributed by atoms with Gasteiger partial charge in [-0.2, -0.15) is 0 Å². The minimum atomic E-state index is -0.944. The molecular weight excluding hydrogens is 274 g/mol. The molecule has 0 saturated carbocycles. The minimum Gasteiger partial charge on any atom is -0.481 e. The Kier molecular flexibility index (Phi) is 9.36. The van der Waals surface area contributed by atoms with E-state index < -0.39 is 17.9 Å². The van der Waals surface area contributed by atoms with Crippen molar-refractivity contribution in [2.24, 2.45) is 5.92 Å². The molecule has 0 aliphatic heterocycles. The van der Waals surface area contributed by atoms with Crippen LogP contribution in [0.2, 0.25) is 0 Å². The Labute approximate surface area is 126 Å². The third kappa shape index (κ3) is 9.84. The Morgan fingerprint density at radius 1 is 1.10 bits per heavy atom. The number of hydrogen-bond donors (Lipinski definition) is 2. The fraction of sp³-hybridized carbons (Fsp3) is 0.786. The van der Waals surface area contributed by atoms with E-state index in [1.165, 1.54) is 0 Å². The SMILES string of the molecule is CCCN(CCN(C)C)C(=O)NC(=O)CC(C)CC(=O)O. The molecule has 122 valence electrons. The topological polar surface area (TPSA) is 90.0 Å². The Hall–Kier alpha value is -1.63. The molecule has 1 atom stereocenters. The molecular formula is C14H27N3O4. The first-order valence-electron chi connectivity index (χ1n) is 7.21. The second-order valence-electron chi connectivity index (χ2n) is 5.55. The van der Waals surface area contributed by atoms with Crippen molar-refractivity contribution in [2.45, 2.75) is 33.1 Å². The summed E-state index contributed by atoms with van der Waals surface area (Å²) < 4.78 is 0. The third-order valence-electron chi connectivity index (χ3n) is 2.90. The van der Waals surface area contributed by atoms with Crippen molar-refractivity contribution in [3.63, 3.8) is 0 Å². The van der Waals surface area contributed by atoms with Gasteiger partial charge in [0.15, 0.2) is 0 Å². The van der Waals surface area contributed by atoms with E-state index in [0.29, 0.717) is 13.1 Å². The molecule has 0 aromatic heterocycles. The molecule has 0 fully saturated rings. The summed E-state index contributed by atoms with van der Waals surface area (Å²) in [6.45, 7) is 5.49. The summed E-state index contributed by atoms with van der Waals surface area (Å²) >= 11 is 0. The van der Waals surface area contributed by atoms with E-state index in [-0.39, 0.29) is 18.8 Å². The summed E-state index contributed by atoms with van der Waals surface area (Å²) in [4.78, 5) is 37.9. The highest BCUT2D eigenvalue weighted by Gasteiger charge is 2.18. The quantitative estimate of drug-likeness (QED) is 0.663. The maximum absolute atomic E-state index is 12.0. The van der Waals surface area contributed by atoms with Crippen LogP contribution in [0.5, 0.6) is 0 Å². The fourth-order valence-electron chi connectivity index (χ4n) is 1.84. The largest absolute Gasteiger partial charge is 0.481 e. The van der Waals surface area contributed by atoms with E-state index >= 15 is 0 Å². The van der Waals surface area contributed by atoms with E-state index in [0.717, 1.165) is 13.0 Å². The van der Waals surface area contributed by atoms with Crippen molar-refractivity contribution >= 4 is 17.9 Å². The lowest BCUT2D eigenvalue weighted by molar-refractivity contribution is -0.138. The Bertz CT molecular complexity index is 358. The van der Waals surface area contributed by atoms with Crippen molar-refractivity contribution in [3.8, 4) is 0 Å². The molecule has 21 heavy (non-hydrogen) atoms. The lowest BCUT2D eigenvalue weighted by Crippen LogP contribution is -2.45. The number of nitrogens with one attached hydrogen (secondary N) is 1. The summed E-state index contributed by atoms with van der Waals surface area (Å²) in [6, 6.07) is -0.411. The maximum Gasteiger partial charge on any atom is 0.324 e. The summed E-state index contributed by atoms with van der Waals surface area (Å²) in [5.74, 6) is -1.67. The lowest BCUT2D eigenvalue weighted by atomic mass is 10.0. The highest BCUT2D eigenvalue weighted by molar-refractivity contribution is 5.94. The molecule has 0 rings (SSSR count). The van der Waals surface area contributed by atoms with Crippen LogP contribution in [0.1, 0.15) is 33.1 Å². The molecule has 7 nitrogen and oxygen atoms in total. The zero-order valence-electron chi connectivity index (χ0n) is 13.4. The Morgan fingerprint density at radius 2 is 1.71 bits per heavy atom. The zero-order valence-corrected chi connectivity index (χ0v) is 13.4. The highest BCUT2D eigenvalue weighted by Crippen LogP contribution is 2.07. The highest BCUT2D eigenvalue weighted by atomic mass is 16.4. The number of carboxylic acids is 1. The van der Waals surface area contributed by atoms with Gasteiger partial charge in [-0.1, -0.05) is 13.8 Å². The van der Waals surface area contributed by atoms with Crippen molar-refractivity contribution < 1.29 is 19.5 Å². The van der Waals surface area contributed by atoms with Crippen LogP contribution >= 0.6 is 0 Å². The molecule has 0 aromatic rings. The van der Waals surface area contributed by atoms with Crippen LogP contribution in [0.15, 0.2) is 0 Å². The van der Waals surface area contributed by atoms with Crippen molar-refractivity contribution in [3.05, 3.63) is 0 Å². The van der Waals surface area contributed by atoms with E-state index in [2.05, 4.69) is 5.32 Å². The van der Waals surface area contributed by atoms with Gasteiger partial charge in [0.25, 0.3) is 0 Å². The molecule has 1 unspecified atom stereocenters. The average Bonchev–Trinajstić information content (AvgIpc) is 2.32. The molecule has 2 N–H and O–H groups in total. The lowest BCUT2D eigenvalue weighted by Gasteiger charge is -2.24. The number of likely N-dealkylation sites (N-methyl/N-ethyl adjacent to an activating group) is 1. The van der Waals surface area contributed by atoms with Crippen molar-refractivity contribution in [1.29, 1.82) is 0 Å². The molecule has 0 aromatic carbocycles. The predicted molar refractivity (Wildman–Crippen MR) is 80.0 cm³/mol. The third-order valence-corrected chi connectivity index (χ3v) is 2.90. The van der Waals surface area contributed by atoms with Gasteiger partial charge in [0, 0.05) is 32.5 Å². The standard InChI is InChI=1S/C14H27N3O4/c1-5-6-17(8-7-16(3)4)14(21)15-12(18)9-11(2)10-13(19)20/h11H,5-10H2,1-4H3,(H,19,20)(H,15,18,21). The first-order valence-corrected chi connectivity index (χ1v) is 7.21. The number of aliphatic carboxylic acids is 1. The fourth-order valence-corrected chi connectivity index (χ4v) is 1.84. The maximum atomic E-state index is 12.0. The average molecular weight is 301 g/mol. The Morgan fingerprint density at radius 3 is 2.19 bits per heavy atom. The second kappa shape index (κ2) is 10.1. The number of imide groups is 1. The summed E-state index contributed by atoms with van der Waals surface area (Å²) in [5, 5.41) is 11.0. The van der Waals surface area contributed by atoms with Crippen LogP contribution in [0.4, 0.5) is 4.79 Å². The van der Waals surface area contributed by atoms with E-state index in [4.69, 9.17) is 5.11 Å². The van der Waals surface area contributed by atoms with Gasteiger partial charge < -0.3 is 14.9 Å². The molecule has 0 spiro atoms. The van der Waals surface area contributed by atoms with E-state index in [1.807, 2.05) is 25.9 Å². The molecule has 0 saturated heterocycles. The normalized spacial score (nSPS) is 12.0. The van der Waals surface area contributed by atoms with E-state index in [1.54, 1.807) is 11.8 Å². The summed E-state index contributed by atoms with van der Waals surface area (Å²) in [6.07, 6.45) is 0.761. The van der Waals surface area contributed by atoms with Gasteiger partial charge in [-0.15, -0.1) is 0 Å². The number of carbonyl (C=O) groups excluding carboxylic acids is 2. The number of urea groups is 1. The van der Waals surface area contributed by atoms with Crippen LogP contribution < -0.4 is 5.32 Å². The molecule has 3 amide bonds. The first-order chi connectivity index (χ1) is 9.76. The number of hydrogen-bond acceptors (Lipinski definition) is 4. The first kappa shape index (κ1) is 19.4. The smallest absolute Gasteiger partial charge is 0.324 e. The van der Waals surface area contributed by atoms with E-state index in [9.17, 15) is 14.4 Å². The summed E-state index contributed by atoms with van der Waals surface area (Å²) in [7, 11) is 3.83. The van der Waals surface area contributed by atoms with Gasteiger partial charge in [-0.3, -0.25) is 14.9 Å². The van der Waals surface area contributed by atoms with Crippen LogP contribution in [0.25, 0.3) is 0 Å². The van der Waals surface area contributed by atoms with Crippen molar-refractivity contribution in [1.82, 2.24) is 15.1 Å². The molecule has 0 aliphatic carbocycles. The predicted octanol–water partition coefficient (Wildman–Crippen LogP) is 0.997. The summed E-state index contributed by atoms with van der Waals surface area (Å²) in [5.41, 5.74) is 0.